The second-order valence-corrected chi connectivity index (χ2v) is 6.93. The maximum absolute atomic E-state index is 3.45. The van der Waals surface area contributed by atoms with Gasteiger partial charge in [0.1, 0.15) is 0 Å². The van der Waals surface area contributed by atoms with Gasteiger partial charge in [-0.15, -0.1) is 11.8 Å². The van der Waals surface area contributed by atoms with E-state index in [4.69, 9.17) is 0 Å². The van der Waals surface area contributed by atoms with Gasteiger partial charge in [-0.25, -0.2) is 0 Å². The number of hydrogen-bond acceptors (Lipinski definition) is 0. The summed E-state index contributed by atoms with van der Waals surface area (Å²) in [5.74, 6) is 7.71. The van der Waals surface area contributed by atoms with Crippen molar-refractivity contribution in [1.29, 1.82) is 0 Å². The minimum absolute atomic E-state index is 0.865. The summed E-state index contributed by atoms with van der Waals surface area (Å²) >= 11 is 0. The Balaban J connectivity index is 3.58. The van der Waals surface area contributed by atoms with Crippen LogP contribution in [0.25, 0.3) is 0 Å². The van der Waals surface area contributed by atoms with Crippen molar-refractivity contribution < 1.29 is 0 Å². The maximum Gasteiger partial charge on any atom is 0.0117 e. The smallest absolute Gasteiger partial charge is 0.0117 e. The van der Waals surface area contributed by atoms with Crippen molar-refractivity contribution in [2.24, 2.45) is 5.92 Å². The quantitative estimate of drug-likeness (QED) is 0.213. The van der Waals surface area contributed by atoms with Gasteiger partial charge in [0.05, 0.1) is 0 Å². The third-order valence-corrected chi connectivity index (χ3v) is 4.58. The van der Waals surface area contributed by atoms with Gasteiger partial charge in [0.15, 0.2) is 0 Å². The SMILES string of the molecule is CCCCCC#CCC(CCC)CCCCCCCCCC. The number of unbranched alkanes of at least 4 members (excludes halogenated alkanes) is 10. The molecule has 0 aliphatic heterocycles. The summed E-state index contributed by atoms with van der Waals surface area (Å²) in [6.45, 7) is 6.87. The Morgan fingerprint density at radius 3 is 1.77 bits per heavy atom. The van der Waals surface area contributed by atoms with Gasteiger partial charge in [-0.2, -0.15) is 0 Å². The normalized spacial score (nSPS) is 12.0. The van der Waals surface area contributed by atoms with Gasteiger partial charge in [0.2, 0.25) is 0 Å². The largest absolute Gasteiger partial charge is 0.103 e. The highest BCUT2D eigenvalue weighted by Gasteiger charge is 2.05. The van der Waals surface area contributed by atoms with Crippen molar-refractivity contribution in [3.05, 3.63) is 0 Å². The molecule has 0 rings (SSSR count). The van der Waals surface area contributed by atoms with Crippen molar-refractivity contribution in [1.82, 2.24) is 0 Å². The monoisotopic (exact) mass is 306 g/mol. The van der Waals surface area contributed by atoms with Crippen LogP contribution in [0.4, 0.5) is 0 Å². The molecule has 0 heterocycles. The summed E-state index contributed by atoms with van der Waals surface area (Å²) in [6, 6.07) is 0. The van der Waals surface area contributed by atoms with Gasteiger partial charge in [-0.1, -0.05) is 91.4 Å². The van der Waals surface area contributed by atoms with E-state index in [9.17, 15) is 0 Å². The first-order chi connectivity index (χ1) is 10.8. The second-order valence-electron chi connectivity index (χ2n) is 6.93. The van der Waals surface area contributed by atoms with Gasteiger partial charge in [-0.3, -0.25) is 0 Å². The third-order valence-electron chi connectivity index (χ3n) is 4.58. The fourth-order valence-electron chi connectivity index (χ4n) is 3.09. The Bertz CT molecular complexity index is 255. The summed E-state index contributed by atoms with van der Waals surface area (Å²) in [5.41, 5.74) is 0. The minimum atomic E-state index is 0.865. The predicted molar refractivity (Wildman–Crippen MR) is 102 cm³/mol. The van der Waals surface area contributed by atoms with Crippen LogP contribution in [-0.2, 0) is 0 Å². The molecule has 0 amide bonds. The van der Waals surface area contributed by atoms with E-state index in [1.807, 2.05) is 0 Å². The van der Waals surface area contributed by atoms with Gasteiger partial charge < -0.3 is 0 Å². The average Bonchev–Trinajstić information content (AvgIpc) is 2.53. The lowest BCUT2D eigenvalue weighted by molar-refractivity contribution is 0.426. The molecule has 0 saturated carbocycles. The Kier molecular flexibility index (Phi) is 18.2. The predicted octanol–water partition coefficient (Wildman–Crippen LogP) is 7.91. The molecule has 0 bridgehead atoms. The van der Waals surface area contributed by atoms with Crippen LogP contribution in [0.3, 0.4) is 0 Å². The molecule has 0 spiro atoms. The lowest BCUT2D eigenvalue weighted by atomic mass is 9.93. The Morgan fingerprint density at radius 1 is 0.545 bits per heavy atom. The molecule has 0 nitrogen and oxygen atoms in total. The fourth-order valence-corrected chi connectivity index (χ4v) is 3.09. The molecule has 0 aliphatic carbocycles. The van der Waals surface area contributed by atoms with Crippen LogP contribution in [0, 0.1) is 17.8 Å². The summed E-state index contributed by atoms with van der Waals surface area (Å²) in [7, 11) is 0. The molecule has 0 heteroatoms. The molecule has 0 saturated heterocycles. The van der Waals surface area contributed by atoms with Gasteiger partial charge in [0.25, 0.3) is 0 Å². The van der Waals surface area contributed by atoms with Crippen LogP contribution >= 0.6 is 0 Å². The first kappa shape index (κ1) is 21.6. The molecule has 1 unspecified atom stereocenters. The van der Waals surface area contributed by atoms with Gasteiger partial charge in [-0.05, 0) is 25.2 Å². The van der Waals surface area contributed by atoms with E-state index in [-0.39, 0.29) is 0 Å². The molecule has 0 N–H and O–H groups in total. The first-order valence-corrected chi connectivity index (χ1v) is 10.3. The summed E-state index contributed by atoms with van der Waals surface area (Å²) in [6.07, 6.45) is 21.8. The van der Waals surface area contributed by atoms with E-state index in [1.54, 1.807) is 0 Å². The standard InChI is InChI=1S/C22H42/c1-4-7-9-11-13-14-16-18-21-22(19-6-3)20-17-15-12-10-8-5-2/h22H,4-14,16,18-21H2,1-3H3. The minimum Gasteiger partial charge on any atom is -0.103 e. The van der Waals surface area contributed by atoms with E-state index in [0.717, 1.165) is 18.8 Å². The summed E-state index contributed by atoms with van der Waals surface area (Å²) < 4.78 is 0. The van der Waals surface area contributed by atoms with Crippen molar-refractivity contribution in [2.75, 3.05) is 0 Å². The highest BCUT2D eigenvalue weighted by atomic mass is 14.1. The van der Waals surface area contributed by atoms with Crippen molar-refractivity contribution in [3.63, 3.8) is 0 Å². The molecule has 1 atom stereocenters. The van der Waals surface area contributed by atoms with Crippen LogP contribution in [-0.4, -0.2) is 0 Å². The number of hydrogen-bond donors (Lipinski definition) is 0. The van der Waals surface area contributed by atoms with Gasteiger partial charge in [0, 0.05) is 12.8 Å². The molecule has 0 radical (unpaired) electrons. The zero-order valence-electron chi connectivity index (χ0n) is 15.9. The molecule has 0 fully saturated rings. The van der Waals surface area contributed by atoms with E-state index >= 15 is 0 Å². The Morgan fingerprint density at radius 2 is 1.14 bits per heavy atom. The average molecular weight is 307 g/mol. The van der Waals surface area contributed by atoms with E-state index < -0.39 is 0 Å². The van der Waals surface area contributed by atoms with Crippen molar-refractivity contribution in [2.45, 2.75) is 124 Å². The molecular weight excluding hydrogens is 264 g/mol. The van der Waals surface area contributed by atoms with E-state index in [2.05, 4.69) is 32.6 Å². The molecule has 0 aromatic rings. The first-order valence-electron chi connectivity index (χ1n) is 10.3. The topological polar surface area (TPSA) is 0 Å². The highest BCUT2D eigenvalue weighted by molar-refractivity contribution is 4.99. The zero-order valence-corrected chi connectivity index (χ0v) is 15.9. The lowest BCUT2D eigenvalue weighted by Crippen LogP contribution is -1.99. The molecule has 0 aromatic heterocycles. The van der Waals surface area contributed by atoms with Crippen LogP contribution < -0.4 is 0 Å². The number of rotatable bonds is 15. The Labute approximate surface area is 141 Å². The third kappa shape index (κ3) is 15.9. The molecular formula is C22H42. The Hall–Kier alpha value is -0.440. The van der Waals surface area contributed by atoms with Crippen molar-refractivity contribution >= 4 is 0 Å². The molecule has 0 aliphatic rings. The molecule has 130 valence electrons. The molecule has 0 aromatic carbocycles. The fraction of sp³-hybridized carbons (Fsp3) is 0.909. The van der Waals surface area contributed by atoms with E-state index in [1.165, 1.54) is 89.9 Å². The van der Waals surface area contributed by atoms with Crippen LogP contribution in [0.5, 0.6) is 0 Å². The van der Waals surface area contributed by atoms with Crippen LogP contribution in [0.2, 0.25) is 0 Å². The maximum atomic E-state index is 3.45. The van der Waals surface area contributed by atoms with E-state index in [0.29, 0.717) is 0 Å². The summed E-state index contributed by atoms with van der Waals surface area (Å²) in [5, 5.41) is 0. The van der Waals surface area contributed by atoms with Crippen LogP contribution in [0.15, 0.2) is 0 Å². The zero-order chi connectivity index (χ0) is 16.3. The second kappa shape index (κ2) is 18.6. The van der Waals surface area contributed by atoms with Crippen LogP contribution in [0.1, 0.15) is 124 Å². The van der Waals surface area contributed by atoms with Gasteiger partial charge >= 0.3 is 0 Å². The lowest BCUT2D eigenvalue weighted by Gasteiger charge is -2.12. The molecule has 22 heavy (non-hydrogen) atoms. The summed E-state index contributed by atoms with van der Waals surface area (Å²) in [4.78, 5) is 0. The highest BCUT2D eigenvalue weighted by Crippen LogP contribution is 2.19. The van der Waals surface area contributed by atoms with Crippen molar-refractivity contribution in [3.8, 4) is 11.8 Å².